The van der Waals surface area contributed by atoms with Gasteiger partial charge in [0.25, 0.3) is 0 Å². The van der Waals surface area contributed by atoms with Gasteiger partial charge in [-0.1, -0.05) is 48.5 Å². The van der Waals surface area contributed by atoms with Crippen molar-refractivity contribution in [2.45, 2.75) is 19.4 Å². The van der Waals surface area contributed by atoms with Gasteiger partial charge in [-0.3, -0.25) is 4.84 Å². The first kappa shape index (κ1) is 15.1. The molecule has 0 saturated heterocycles. The van der Waals surface area contributed by atoms with Gasteiger partial charge in [-0.2, -0.15) is 5.06 Å². The summed E-state index contributed by atoms with van der Waals surface area (Å²) in [5.74, 6) is 0. The van der Waals surface area contributed by atoms with Crippen molar-refractivity contribution in [3.8, 4) is 0 Å². The predicted molar refractivity (Wildman–Crippen MR) is 83.8 cm³/mol. The molecule has 4 heteroatoms. The number of carbonyl (C=O) groups excluding carboxylic acids is 1. The van der Waals surface area contributed by atoms with Crippen molar-refractivity contribution >= 4 is 11.7 Å². The summed E-state index contributed by atoms with van der Waals surface area (Å²) in [6.45, 7) is 3.88. The van der Waals surface area contributed by atoms with E-state index in [9.17, 15) is 4.79 Å². The van der Waals surface area contributed by atoms with Crippen LogP contribution in [0.15, 0.2) is 60.7 Å². The average Bonchev–Trinajstić information content (AvgIpc) is 2.49. The highest BCUT2D eigenvalue weighted by Crippen LogP contribution is 2.28. The number of hydrogen-bond donors (Lipinski definition) is 1. The summed E-state index contributed by atoms with van der Waals surface area (Å²) in [6, 6.07) is 18.8. The quantitative estimate of drug-likeness (QED) is 0.862. The van der Waals surface area contributed by atoms with Crippen molar-refractivity contribution in [1.82, 2.24) is 5.06 Å². The summed E-state index contributed by atoms with van der Waals surface area (Å²) in [6.07, 6.45) is 0. The molecule has 0 atom stereocenters. The highest BCUT2D eigenvalue weighted by molar-refractivity contribution is 5.89. The summed E-state index contributed by atoms with van der Waals surface area (Å²) in [7, 11) is 1.50. The zero-order valence-electron chi connectivity index (χ0n) is 12.5. The molecule has 0 aliphatic rings. The molecule has 0 heterocycles. The van der Waals surface area contributed by atoms with Crippen molar-refractivity contribution < 1.29 is 9.63 Å². The number of nitrogens with zero attached hydrogens (tertiary/aromatic N) is 1. The summed E-state index contributed by atoms with van der Waals surface area (Å²) >= 11 is 0. The lowest BCUT2D eigenvalue weighted by atomic mass is 9.94. The molecule has 0 aliphatic carbocycles. The minimum atomic E-state index is -0.588. The second-order valence-electron chi connectivity index (χ2n) is 5.20. The minimum absolute atomic E-state index is 0.308. The maximum Gasteiger partial charge on any atom is 0.346 e. The Bertz CT molecular complexity index is 582. The first-order valence-corrected chi connectivity index (χ1v) is 6.81. The molecule has 1 N–H and O–H groups in total. The van der Waals surface area contributed by atoms with Crippen LogP contribution in [0.25, 0.3) is 0 Å². The summed E-state index contributed by atoms with van der Waals surface area (Å²) < 4.78 is 0. The Labute approximate surface area is 125 Å². The van der Waals surface area contributed by atoms with Gasteiger partial charge in [-0.05, 0) is 31.5 Å². The number of hydroxylamine groups is 2. The molecule has 21 heavy (non-hydrogen) atoms. The Kier molecular flexibility index (Phi) is 4.60. The summed E-state index contributed by atoms with van der Waals surface area (Å²) in [5.41, 5.74) is 1.14. The van der Waals surface area contributed by atoms with Crippen LogP contribution in [0, 0.1) is 0 Å². The van der Waals surface area contributed by atoms with E-state index in [1.54, 1.807) is 0 Å². The third kappa shape index (κ3) is 3.41. The van der Waals surface area contributed by atoms with E-state index in [0.29, 0.717) is 0 Å². The number of para-hydroxylation sites is 1. The molecule has 0 saturated carbocycles. The number of anilines is 1. The molecule has 0 fully saturated rings. The maximum absolute atomic E-state index is 12.5. The van der Waals surface area contributed by atoms with Gasteiger partial charge in [-0.15, -0.1) is 0 Å². The first-order valence-electron chi connectivity index (χ1n) is 6.81. The highest BCUT2D eigenvalue weighted by atomic mass is 16.7. The van der Waals surface area contributed by atoms with Crippen molar-refractivity contribution in [2.75, 3.05) is 12.4 Å². The number of nitrogens with one attached hydrogen (secondary N) is 1. The lowest BCUT2D eigenvalue weighted by Gasteiger charge is -2.36. The molecule has 4 nitrogen and oxygen atoms in total. The fourth-order valence-electron chi connectivity index (χ4n) is 2.22. The van der Waals surface area contributed by atoms with Crippen molar-refractivity contribution in [3.05, 3.63) is 66.2 Å². The highest BCUT2D eigenvalue weighted by Gasteiger charge is 2.33. The Morgan fingerprint density at radius 1 is 1.00 bits per heavy atom. The van der Waals surface area contributed by atoms with Crippen LogP contribution in [0.2, 0.25) is 0 Å². The maximum atomic E-state index is 12.5. The Morgan fingerprint density at radius 2 is 1.52 bits per heavy atom. The zero-order valence-corrected chi connectivity index (χ0v) is 12.5. The van der Waals surface area contributed by atoms with E-state index < -0.39 is 5.54 Å². The van der Waals surface area contributed by atoms with E-state index in [4.69, 9.17) is 4.84 Å². The molecule has 0 aromatic heterocycles. The monoisotopic (exact) mass is 284 g/mol. The van der Waals surface area contributed by atoms with Crippen LogP contribution in [0.5, 0.6) is 0 Å². The van der Waals surface area contributed by atoms with Gasteiger partial charge in [-0.25, -0.2) is 4.79 Å². The second kappa shape index (κ2) is 6.41. The normalized spacial score (nSPS) is 11.0. The van der Waals surface area contributed by atoms with Crippen LogP contribution in [-0.4, -0.2) is 18.2 Å². The molecule has 2 aromatic rings. The van der Waals surface area contributed by atoms with Crippen LogP contribution in [0.3, 0.4) is 0 Å². The molecule has 0 spiro atoms. The third-order valence-electron chi connectivity index (χ3n) is 3.38. The molecule has 2 rings (SSSR count). The number of amides is 2. The van der Waals surface area contributed by atoms with E-state index in [1.807, 2.05) is 74.5 Å². The fourth-order valence-corrected chi connectivity index (χ4v) is 2.22. The van der Waals surface area contributed by atoms with E-state index in [2.05, 4.69) is 5.32 Å². The van der Waals surface area contributed by atoms with Gasteiger partial charge in [0.05, 0.1) is 12.6 Å². The molecule has 0 unspecified atom stereocenters. The Balaban J connectivity index is 2.20. The number of benzene rings is 2. The molecule has 0 aliphatic heterocycles. The van der Waals surface area contributed by atoms with Gasteiger partial charge in [0.2, 0.25) is 0 Å². The average molecular weight is 284 g/mol. The molecular weight excluding hydrogens is 264 g/mol. The smallest absolute Gasteiger partial charge is 0.306 e. The van der Waals surface area contributed by atoms with Crippen molar-refractivity contribution in [1.29, 1.82) is 0 Å². The number of urea groups is 1. The van der Waals surface area contributed by atoms with Crippen LogP contribution in [-0.2, 0) is 10.4 Å². The fraction of sp³-hybridized carbons (Fsp3) is 0.235. The van der Waals surface area contributed by atoms with Gasteiger partial charge in [0.1, 0.15) is 0 Å². The molecule has 0 radical (unpaired) electrons. The van der Waals surface area contributed by atoms with E-state index in [-0.39, 0.29) is 6.03 Å². The Hall–Kier alpha value is -2.33. The van der Waals surface area contributed by atoms with Gasteiger partial charge < -0.3 is 5.32 Å². The zero-order chi connectivity index (χ0) is 15.3. The largest absolute Gasteiger partial charge is 0.346 e. The lowest BCUT2D eigenvalue weighted by Crippen LogP contribution is -2.46. The van der Waals surface area contributed by atoms with Crippen molar-refractivity contribution in [2.24, 2.45) is 0 Å². The van der Waals surface area contributed by atoms with Crippen LogP contribution < -0.4 is 5.32 Å². The van der Waals surface area contributed by atoms with E-state index >= 15 is 0 Å². The lowest BCUT2D eigenvalue weighted by molar-refractivity contribution is -0.147. The molecule has 110 valence electrons. The summed E-state index contributed by atoms with van der Waals surface area (Å²) in [4.78, 5) is 17.8. The SMILES string of the molecule is CON(C(=O)Nc1ccccc1)C(C)(C)c1ccccc1. The number of carbonyl (C=O) groups is 1. The van der Waals surface area contributed by atoms with Crippen LogP contribution in [0.1, 0.15) is 19.4 Å². The third-order valence-corrected chi connectivity index (χ3v) is 3.38. The first-order chi connectivity index (χ1) is 10.1. The van der Waals surface area contributed by atoms with E-state index in [0.717, 1.165) is 11.3 Å². The summed E-state index contributed by atoms with van der Waals surface area (Å²) in [5, 5.41) is 4.17. The Morgan fingerprint density at radius 3 is 2.05 bits per heavy atom. The number of hydrogen-bond acceptors (Lipinski definition) is 2. The van der Waals surface area contributed by atoms with Gasteiger partial charge in [0.15, 0.2) is 0 Å². The standard InChI is InChI=1S/C17H20N2O2/c1-17(2,14-10-6-4-7-11-14)19(21-3)16(20)18-15-12-8-5-9-13-15/h4-13H,1-3H3,(H,18,20). The molecule has 0 bridgehead atoms. The topological polar surface area (TPSA) is 41.6 Å². The van der Waals surface area contributed by atoms with Gasteiger partial charge >= 0.3 is 6.03 Å². The molecule has 2 aromatic carbocycles. The van der Waals surface area contributed by atoms with E-state index in [1.165, 1.54) is 12.2 Å². The van der Waals surface area contributed by atoms with Crippen molar-refractivity contribution in [3.63, 3.8) is 0 Å². The predicted octanol–water partition coefficient (Wildman–Crippen LogP) is 4.02. The molecule has 2 amide bonds. The van der Waals surface area contributed by atoms with Crippen LogP contribution in [0.4, 0.5) is 10.5 Å². The van der Waals surface area contributed by atoms with Gasteiger partial charge in [0, 0.05) is 5.69 Å². The molecular formula is C17H20N2O2. The minimum Gasteiger partial charge on any atom is -0.306 e. The van der Waals surface area contributed by atoms with Crippen LogP contribution >= 0.6 is 0 Å². The second-order valence-corrected chi connectivity index (χ2v) is 5.20. The number of rotatable bonds is 4.